The Morgan fingerprint density at radius 2 is 2.00 bits per heavy atom. The molecule has 2 N–H and O–H groups in total. The first-order valence-corrected chi connectivity index (χ1v) is 8.37. The van der Waals surface area contributed by atoms with Crippen molar-refractivity contribution in [3.05, 3.63) is 54.0 Å². The molecule has 0 aliphatic carbocycles. The summed E-state index contributed by atoms with van der Waals surface area (Å²) >= 11 is 0. The standard InChI is InChI=1S/C15H17N3O4S/c1-12-4-6-14(7-5-12)23(20,21)17-9-8-15(19)18-16-11-13-3-2-10-22-13/h2-7,10-11,17H,8-9H2,1H3,(H,18,19)/b16-11-. The Morgan fingerprint density at radius 1 is 1.26 bits per heavy atom. The van der Waals surface area contributed by atoms with Crippen molar-refractivity contribution < 1.29 is 17.6 Å². The van der Waals surface area contributed by atoms with Crippen LogP contribution in [0.3, 0.4) is 0 Å². The smallest absolute Gasteiger partial charge is 0.241 e. The number of nitrogens with zero attached hydrogens (tertiary/aromatic N) is 1. The minimum Gasteiger partial charge on any atom is -0.463 e. The zero-order chi connectivity index (χ0) is 16.7. The van der Waals surface area contributed by atoms with E-state index in [4.69, 9.17) is 4.42 Å². The lowest BCUT2D eigenvalue weighted by molar-refractivity contribution is -0.120. The number of hydrogen-bond donors (Lipinski definition) is 2. The highest BCUT2D eigenvalue weighted by Crippen LogP contribution is 2.09. The Hall–Kier alpha value is -2.45. The number of carbonyl (C=O) groups excluding carboxylic acids is 1. The summed E-state index contributed by atoms with van der Waals surface area (Å²) in [5.41, 5.74) is 3.26. The molecule has 0 radical (unpaired) electrons. The molecule has 0 atom stereocenters. The van der Waals surface area contributed by atoms with E-state index in [1.54, 1.807) is 24.3 Å². The van der Waals surface area contributed by atoms with Crippen LogP contribution >= 0.6 is 0 Å². The molecule has 122 valence electrons. The summed E-state index contributed by atoms with van der Waals surface area (Å²) in [6.07, 6.45) is 2.82. The van der Waals surface area contributed by atoms with Gasteiger partial charge in [-0.1, -0.05) is 17.7 Å². The molecule has 1 aromatic heterocycles. The number of carbonyl (C=O) groups is 1. The lowest BCUT2D eigenvalue weighted by Gasteiger charge is -2.06. The molecule has 0 saturated carbocycles. The van der Waals surface area contributed by atoms with Gasteiger partial charge in [0.05, 0.1) is 17.4 Å². The van der Waals surface area contributed by atoms with Gasteiger partial charge in [-0.05, 0) is 31.2 Å². The second-order valence-electron chi connectivity index (χ2n) is 4.77. The molecule has 2 aromatic rings. The fraction of sp³-hybridized carbons (Fsp3) is 0.200. The van der Waals surface area contributed by atoms with Gasteiger partial charge in [0.1, 0.15) is 5.76 Å². The van der Waals surface area contributed by atoms with E-state index in [1.165, 1.54) is 24.6 Å². The van der Waals surface area contributed by atoms with Gasteiger partial charge < -0.3 is 4.42 Å². The molecule has 8 heteroatoms. The third kappa shape index (κ3) is 5.35. The topological polar surface area (TPSA) is 101 Å². The van der Waals surface area contributed by atoms with Crippen LogP contribution in [0, 0.1) is 6.92 Å². The molecule has 23 heavy (non-hydrogen) atoms. The van der Waals surface area contributed by atoms with Gasteiger partial charge in [0.15, 0.2) is 0 Å². The third-order valence-electron chi connectivity index (χ3n) is 2.90. The first kappa shape index (κ1) is 16.9. The molecule has 0 aliphatic rings. The minimum absolute atomic E-state index is 0.0156. The summed E-state index contributed by atoms with van der Waals surface area (Å²) in [4.78, 5) is 11.7. The molecule has 0 spiro atoms. The maximum absolute atomic E-state index is 12.0. The Balaban J connectivity index is 1.77. The number of rotatable bonds is 7. The lowest BCUT2D eigenvalue weighted by Crippen LogP contribution is -2.29. The number of sulfonamides is 1. The number of hydrazone groups is 1. The molecule has 2 rings (SSSR count). The van der Waals surface area contributed by atoms with E-state index >= 15 is 0 Å². The summed E-state index contributed by atoms with van der Waals surface area (Å²) in [5.74, 6) is 0.102. The molecular formula is C15H17N3O4S. The van der Waals surface area contributed by atoms with Gasteiger partial charge >= 0.3 is 0 Å². The summed E-state index contributed by atoms with van der Waals surface area (Å²) in [7, 11) is -3.61. The van der Waals surface area contributed by atoms with Gasteiger partial charge in [0, 0.05) is 13.0 Å². The second kappa shape index (κ2) is 7.70. The van der Waals surface area contributed by atoms with Crippen LogP contribution in [0.2, 0.25) is 0 Å². The molecule has 0 aliphatic heterocycles. The van der Waals surface area contributed by atoms with Crippen LogP contribution in [-0.2, 0) is 14.8 Å². The van der Waals surface area contributed by atoms with Crippen LogP contribution in [0.5, 0.6) is 0 Å². The number of furan rings is 1. The maximum Gasteiger partial charge on any atom is 0.241 e. The molecule has 0 bridgehead atoms. The van der Waals surface area contributed by atoms with Crippen molar-refractivity contribution in [3.63, 3.8) is 0 Å². The van der Waals surface area contributed by atoms with Crippen molar-refractivity contribution in [2.24, 2.45) is 5.10 Å². The van der Waals surface area contributed by atoms with Crippen LogP contribution in [0.4, 0.5) is 0 Å². The molecule has 0 unspecified atom stereocenters. The van der Waals surface area contributed by atoms with Crippen LogP contribution in [0.15, 0.2) is 57.1 Å². The zero-order valence-electron chi connectivity index (χ0n) is 12.5. The fourth-order valence-corrected chi connectivity index (χ4v) is 2.72. The first-order chi connectivity index (χ1) is 11.0. The Labute approximate surface area is 134 Å². The predicted octanol–water partition coefficient (Wildman–Crippen LogP) is 1.41. The molecule has 1 amide bonds. The Bertz CT molecular complexity index is 766. The lowest BCUT2D eigenvalue weighted by atomic mass is 10.2. The van der Waals surface area contributed by atoms with Gasteiger partial charge in [0.25, 0.3) is 0 Å². The zero-order valence-corrected chi connectivity index (χ0v) is 13.3. The number of aryl methyl sites for hydroxylation is 1. The SMILES string of the molecule is Cc1ccc(S(=O)(=O)NCCC(=O)N/N=C\c2ccco2)cc1. The van der Waals surface area contributed by atoms with E-state index in [-0.39, 0.29) is 17.9 Å². The van der Waals surface area contributed by atoms with Gasteiger partial charge in [-0.2, -0.15) is 5.10 Å². The van der Waals surface area contributed by atoms with Crippen molar-refractivity contribution in [1.82, 2.24) is 10.1 Å². The number of benzene rings is 1. The van der Waals surface area contributed by atoms with Crippen LogP contribution in [0.25, 0.3) is 0 Å². The summed E-state index contributed by atoms with van der Waals surface area (Å²) in [6, 6.07) is 9.85. The van der Waals surface area contributed by atoms with Crippen molar-refractivity contribution in [3.8, 4) is 0 Å². The summed E-state index contributed by atoms with van der Waals surface area (Å²) < 4.78 is 31.4. The third-order valence-corrected chi connectivity index (χ3v) is 4.38. The van der Waals surface area contributed by atoms with Crippen molar-refractivity contribution in [2.75, 3.05) is 6.54 Å². The van der Waals surface area contributed by atoms with Crippen LogP contribution < -0.4 is 10.1 Å². The quantitative estimate of drug-likeness (QED) is 0.590. The maximum atomic E-state index is 12.0. The van der Waals surface area contributed by atoms with E-state index in [2.05, 4.69) is 15.2 Å². The van der Waals surface area contributed by atoms with Crippen molar-refractivity contribution in [2.45, 2.75) is 18.2 Å². The largest absolute Gasteiger partial charge is 0.463 e. The fourth-order valence-electron chi connectivity index (χ4n) is 1.69. The van der Waals surface area contributed by atoms with Gasteiger partial charge in [0.2, 0.25) is 15.9 Å². The first-order valence-electron chi connectivity index (χ1n) is 6.89. The van der Waals surface area contributed by atoms with E-state index in [9.17, 15) is 13.2 Å². The number of nitrogens with one attached hydrogen (secondary N) is 2. The van der Waals surface area contributed by atoms with Gasteiger partial charge in [-0.3, -0.25) is 4.79 Å². The average molecular weight is 335 g/mol. The van der Waals surface area contributed by atoms with E-state index in [0.717, 1.165) is 5.56 Å². The average Bonchev–Trinajstić information content (AvgIpc) is 3.01. The normalized spacial score (nSPS) is 11.7. The van der Waals surface area contributed by atoms with Crippen LogP contribution in [-0.4, -0.2) is 27.1 Å². The van der Waals surface area contributed by atoms with Gasteiger partial charge in [-0.25, -0.2) is 18.6 Å². The van der Waals surface area contributed by atoms with E-state index in [1.807, 2.05) is 6.92 Å². The Kier molecular flexibility index (Phi) is 5.67. The molecular weight excluding hydrogens is 318 g/mol. The molecule has 1 aromatic carbocycles. The monoisotopic (exact) mass is 335 g/mol. The van der Waals surface area contributed by atoms with Crippen molar-refractivity contribution >= 4 is 22.1 Å². The molecule has 1 heterocycles. The summed E-state index contributed by atoms with van der Waals surface area (Å²) in [6.45, 7) is 1.86. The summed E-state index contributed by atoms with van der Waals surface area (Å²) in [5, 5.41) is 3.70. The highest BCUT2D eigenvalue weighted by Gasteiger charge is 2.13. The molecule has 0 fully saturated rings. The van der Waals surface area contributed by atoms with E-state index in [0.29, 0.717) is 5.76 Å². The minimum atomic E-state index is -3.61. The second-order valence-corrected chi connectivity index (χ2v) is 6.54. The van der Waals surface area contributed by atoms with Gasteiger partial charge in [-0.15, -0.1) is 0 Å². The predicted molar refractivity (Wildman–Crippen MR) is 85.4 cm³/mol. The van der Waals surface area contributed by atoms with Crippen LogP contribution in [0.1, 0.15) is 17.7 Å². The van der Waals surface area contributed by atoms with Crippen molar-refractivity contribution in [1.29, 1.82) is 0 Å². The highest BCUT2D eigenvalue weighted by molar-refractivity contribution is 7.89. The molecule has 0 saturated heterocycles. The number of hydrogen-bond acceptors (Lipinski definition) is 5. The highest BCUT2D eigenvalue weighted by atomic mass is 32.2. The number of amides is 1. The Morgan fingerprint density at radius 3 is 2.65 bits per heavy atom. The van der Waals surface area contributed by atoms with E-state index < -0.39 is 15.9 Å². The molecule has 7 nitrogen and oxygen atoms in total.